The van der Waals surface area contributed by atoms with Crippen molar-refractivity contribution in [1.29, 1.82) is 0 Å². The van der Waals surface area contributed by atoms with Crippen LogP contribution in [0.5, 0.6) is 17.2 Å². The summed E-state index contributed by atoms with van der Waals surface area (Å²) in [7, 11) is -4.37. The van der Waals surface area contributed by atoms with E-state index in [0.717, 1.165) is 49.2 Å². The number of aromatic nitrogens is 2. The molecule has 0 aliphatic carbocycles. The lowest BCUT2D eigenvalue weighted by molar-refractivity contribution is -0.142. The van der Waals surface area contributed by atoms with Gasteiger partial charge >= 0.3 is 5.97 Å². The van der Waals surface area contributed by atoms with Gasteiger partial charge < -0.3 is 30.4 Å². The fraction of sp³-hybridized carbons (Fsp3) is 0.244. The molecule has 13 nitrogen and oxygen atoms in total. The summed E-state index contributed by atoms with van der Waals surface area (Å²) in [6, 6.07) is 22.9. The highest BCUT2D eigenvalue weighted by molar-refractivity contribution is 7.91. The minimum Gasteiger partial charge on any atom is -0.489 e. The highest BCUT2D eigenvalue weighted by Crippen LogP contribution is 2.42. The summed E-state index contributed by atoms with van der Waals surface area (Å²) in [5.74, 6) is -0.545. The van der Waals surface area contributed by atoms with Crippen molar-refractivity contribution in [3.8, 4) is 28.4 Å². The number of carbonyl (C=O) groups is 2. The first-order chi connectivity index (χ1) is 29.6. The van der Waals surface area contributed by atoms with Crippen LogP contribution in [-0.4, -0.2) is 58.4 Å². The average molecular weight is 915 g/mol. The van der Waals surface area contributed by atoms with Gasteiger partial charge in [0, 0.05) is 24.9 Å². The van der Waals surface area contributed by atoms with Gasteiger partial charge in [-0.1, -0.05) is 77.0 Å². The van der Waals surface area contributed by atoms with Gasteiger partial charge in [0.1, 0.15) is 31.0 Å². The molecule has 0 spiro atoms. The van der Waals surface area contributed by atoms with Crippen molar-refractivity contribution in [3.63, 3.8) is 0 Å². The minimum atomic E-state index is -4.37. The van der Waals surface area contributed by atoms with Crippen LogP contribution in [0.3, 0.4) is 0 Å². The van der Waals surface area contributed by atoms with Crippen molar-refractivity contribution >= 4 is 61.6 Å². The summed E-state index contributed by atoms with van der Waals surface area (Å²) >= 11 is 13.0. The molecule has 8 rings (SSSR count). The quantitative estimate of drug-likeness (QED) is 0.108. The molecule has 62 heavy (non-hydrogen) atoms. The lowest BCUT2D eigenvalue weighted by Crippen LogP contribution is -2.55. The second-order valence-corrected chi connectivity index (χ2v) is 19.1. The number of nitrogen functional groups attached to an aromatic ring is 1. The van der Waals surface area contributed by atoms with Crippen LogP contribution in [-0.2, 0) is 45.6 Å². The van der Waals surface area contributed by atoms with Crippen LogP contribution in [0.25, 0.3) is 11.1 Å². The summed E-state index contributed by atoms with van der Waals surface area (Å²) in [5.41, 5.74) is 13.6. The monoisotopic (exact) mass is 913 g/mol. The van der Waals surface area contributed by atoms with Gasteiger partial charge in [-0.25, -0.2) is 18.2 Å². The predicted octanol–water partition coefficient (Wildman–Crippen LogP) is 8.04. The molecule has 0 bridgehead atoms. The molecule has 1 unspecified atom stereocenters. The van der Waals surface area contributed by atoms with Gasteiger partial charge in [0.25, 0.3) is 10.0 Å². The van der Waals surface area contributed by atoms with E-state index in [0.29, 0.717) is 50.6 Å². The maximum Gasteiger partial charge on any atom is 0.326 e. The van der Waals surface area contributed by atoms with E-state index in [1.807, 2.05) is 74.5 Å². The Bertz CT molecular complexity index is 2800. The number of sulfonamides is 1. The summed E-state index contributed by atoms with van der Waals surface area (Å²) < 4.78 is 48.4. The van der Waals surface area contributed by atoms with Crippen molar-refractivity contribution in [1.82, 2.24) is 19.6 Å². The topological polar surface area (TPSA) is 183 Å². The van der Waals surface area contributed by atoms with Crippen molar-refractivity contribution in [2.24, 2.45) is 0 Å². The molecule has 0 radical (unpaired) electrons. The highest BCUT2D eigenvalue weighted by Gasteiger charge is 2.43. The smallest absolute Gasteiger partial charge is 0.326 e. The summed E-state index contributed by atoms with van der Waals surface area (Å²) in [6.45, 7) is 5.73. The molecule has 0 saturated carbocycles. The normalized spacial score (nSPS) is 16.6. The van der Waals surface area contributed by atoms with Gasteiger partial charge in [-0.15, -0.1) is 0 Å². The van der Waals surface area contributed by atoms with Crippen LogP contribution < -0.4 is 25.3 Å². The third-order valence-electron chi connectivity index (χ3n) is 11.0. The largest absolute Gasteiger partial charge is 0.489 e. The number of nitrogens with two attached hydrogens (primary N) is 1. The SMILES string of the molecule is Cc1nc(N)sc1S(=O)(=O)N1Cc2cc3c(cc2C[C@H]1C(=O)NC(Cc1ccc(-c2ccnc(C)c2C)cc1)C(=O)O)OC[C@H](c1ccc(OCc2ccc(Cl)c(Cl)c2)cc1)O3. The Morgan fingerprint density at radius 3 is 2.37 bits per heavy atom. The molecule has 17 heteroatoms. The van der Waals surface area contributed by atoms with Crippen molar-refractivity contribution in [3.05, 3.63) is 146 Å². The van der Waals surface area contributed by atoms with Gasteiger partial charge in [0.2, 0.25) is 5.91 Å². The number of aliphatic carboxylic acids is 1. The fourth-order valence-electron chi connectivity index (χ4n) is 7.57. The number of benzene rings is 4. The summed E-state index contributed by atoms with van der Waals surface area (Å²) in [4.78, 5) is 35.3. The Morgan fingerprint density at radius 2 is 1.68 bits per heavy atom. The van der Waals surface area contributed by atoms with E-state index >= 15 is 0 Å². The lowest BCUT2D eigenvalue weighted by atomic mass is 9.93. The molecule has 0 fully saturated rings. The number of aryl methyl sites for hydroxylation is 2. The van der Waals surface area contributed by atoms with Crippen molar-refractivity contribution in [2.45, 2.75) is 69.2 Å². The Labute approximate surface area is 372 Å². The zero-order chi connectivity index (χ0) is 43.9. The number of rotatable bonds is 12. The number of anilines is 1. The number of thiazole rings is 1. The number of pyridine rings is 1. The lowest BCUT2D eigenvalue weighted by Gasteiger charge is -2.36. The second kappa shape index (κ2) is 17.6. The van der Waals surface area contributed by atoms with Crippen LogP contribution in [0.4, 0.5) is 5.13 Å². The van der Waals surface area contributed by atoms with E-state index in [-0.39, 0.29) is 41.0 Å². The predicted molar refractivity (Wildman–Crippen MR) is 236 cm³/mol. The number of halogens is 2. The fourth-order valence-corrected chi connectivity index (χ4v) is 10.9. The molecule has 4 heterocycles. The van der Waals surface area contributed by atoms with E-state index < -0.39 is 40.1 Å². The molecule has 0 saturated heterocycles. The van der Waals surface area contributed by atoms with Crippen molar-refractivity contribution < 1.29 is 37.3 Å². The van der Waals surface area contributed by atoms with Crippen LogP contribution in [0.1, 0.15) is 50.9 Å². The molecule has 1 amide bonds. The van der Waals surface area contributed by atoms with Gasteiger partial charge in [-0.05, 0) is 114 Å². The second-order valence-electron chi connectivity index (χ2n) is 15.2. The Morgan fingerprint density at radius 1 is 0.952 bits per heavy atom. The maximum atomic E-state index is 14.4. The minimum absolute atomic E-state index is 0.0371. The summed E-state index contributed by atoms with van der Waals surface area (Å²) in [6.07, 6.45) is 1.15. The molecular formula is C45H41Cl2N5O8S2. The molecule has 2 aliphatic heterocycles. The van der Waals surface area contributed by atoms with Gasteiger partial charge in [0.05, 0.1) is 15.7 Å². The van der Waals surface area contributed by atoms with Crippen molar-refractivity contribution in [2.75, 3.05) is 12.3 Å². The Kier molecular flexibility index (Phi) is 12.2. The van der Waals surface area contributed by atoms with E-state index in [1.165, 1.54) is 6.92 Å². The number of amides is 1. The van der Waals surface area contributed by atoms with E-state index in [9.17, 15) is 23.1 Å². The molecular weight excluding hydrogens is 874 g/mol. The van der Waals surface area contributed by atoms with Crippen LogP contribution in [0.15, 0.2) is 95.3 Å². The molecule has 2 aliphatic rings. The van der Waals surface area contributed by atoms with E-state index in [4.69, 9.17) is 43.1 Å². The van der Waals surface area contributed by atoms with Crippen LogP contribution in [0, 0.1) is 20.8 Å². The number of carbonyl (C=O) groups excluding carboxylic acids is 1. The van der Waals surface area contributed by atoms with Gasteiger partial charge in [-0.2, -0.15) is 4.31 Å². The maximum absolute atomic E-state index is 14.4. The van der Waals surface area contributed by atoms with E-state index in [2.05, 4.69) is 15.3 Å². The number of nitrogens with one attached hydrogen (secondary N) is 1. The third kappa shape index (κ3) is 8.94. The molecule has 320 valence electrons. The number of nitrogens with zero attached hydrogens (tertiary/aromatic N) is 3. The molecule has 2 aromatic heterocycles. The summed E-state index contributed by atoms with van der Waals surface area (Å²) in [5, 5.41) is 13.9. The number of fused-ring (bicyclic) bond motifs is 2. The first-order valence-corrected chi connectivity index (χ1v) is 22.6. The number of hydrogen-bond donors (Lipinski definition) is 3. The zero-order valence-corrected chi connectivity index (χ0v) is 36.9. The highest BCUT2D eigenvalue weighted by atomic mass is 35.5. The average Bonchev–Trinajstić information content (AvgIpc) is 3.61. The molecule has 4 N–H and O–H groups in total. The zero-order valence-electron chi connectivity index (χ0n) is 33.7. The van der Waals surface area contributed by atoms with Gasteiger partial charge in [-0.3, -0.25) is 9.78 Å². The van der Waals surface area contributed by atoms with Gasteiger partial charge in [0.15, 0.2) is 26.9 Å². The number of carboxylic acid groups (broad SMARTS) is 1. The van der Waals surface area contributed by atoms with Crippen LogP contribution >= 0.6 is 34.5 Å². The number of carboxylic acids is 1. The van der Waals surface area contributed by atoms with E-state index in [1.54, 1.807) is 30.5 Å². The third-order valence-corrected chi connectivity index (χ3v) is 15.2. The Hall–Kier alpha value is -5.71. The standard InChI is InChI=1S/C45H41Cl2N5O8S2/c1-24-25(2)49-15-14-34(24)29-7-4-27(5-8-29)17-37(43(54)55)51-42(53)38-18-31-19-39-40(20-32(31)21-52(38)62(56,57)44-26(3)50-45(48)61-44)60-41(23-59-39)30-9-11-33(12-10-30)58-22-28-6-13-35(46)36(47)16-28/h4-16,19-20,37-38,41H,17-18,21-23H2,1-3H3,(H2,48,50)(H,51,53)(H,54,55)/t37?,38-,41+/m0/s1. The number of hydrogen-bond acceptors (Lipinski definition) is 11. The van der Waals surface area contributed by atoms with Crippen LogP contribution in [0.2, 0.25) is 10.0 Å². The Balaban J connectivity index is 1.01. The first-order valence-electron chi connectivity index (χ1n) is 19.6. The molecule has 4 aromatic carbocycles. The molecule has 3 atom stereocenters. The number of ether oxygens (including phenoxy) is 3. The first kappa shape index (κ1) is 43.0. The molecule has 6 aromatic rings.